The number of carbonyl (C=O) groups is 1. The molecule has 0 fully saturated rings. The lowest BCUT2D eigenvalue weighted by Crippen LogP contribution is -2.35. The van der Waals surface area contributed by atoms with Crippen LogP contribution >= 0.6 is 0 Å². The molecule has 2 N–H and O–H groups in total. The molecule has 5 heteroatoms. The Balaban J connectivity index is 1.54. The molecule has 1 aliphatic heterocycles. The summed E-state index contributed by atoms with van der Waals surface area (Å²) in [6.45, 7) is 3.66. The molecule has 1 heterocycles. The van der Waals surface area contributed by atoms with Gasteiger partial charge >= 0.3 is 0 Å². The number of ether oxygens (including phenoxy) is 2. The molecule has 120 valence electrons. The van der Waals surface area contributed by atoms with Gasteiger partial charge in [-0.2, -0.15) is 0 Å². The van der Waals surface area contributed by atoms with Crippen molar-refractivity contribution in [3.05, 3.63) is 54.1 Å². The van der Waals surface area contributed by atoms with Crippen molar-refractivity contribution in [2.45, 2.75) is 13.0 Å². The monoisotopic (exact) mass is 312 g/mol. The molecule has 0 saturated heterocycles. The van der Waals surface area contributed by atoms with E-state index in [-0.39, 0.29) is 12.0 Å². The van der Waals surface area contributed by atoms with Gasteiger partial charge in [0.25, 0.3) is 5.91 Å². The van der Waals surface area contributed by atoms with Crippen LogP contribution in [0.1, 0.15) is 17.3 Å². The molecule has 5 nitrogen and oxygen atoms in total. The third-order valence-corrected chi connectivity index (χ3v) is 3.59. The zero-order valence-corrected chi connectivity index (χ0v) is 13.0. The highest BCUT2D eigenvalue weighted by Crippen LogP contribution is 2.28. The van der Waals surface area contributed by atoms with E-state index in [0.717, 1.165) is 17.2 Å². The summed E-state index contributed by atoms with van der Waals surface area (Å²) in [6.07, 6.45) is -0.0482. The van der Waals surface area contributed by atoms with Gasteiger partial charge in [0.2, 0.25) is 0 Å². The van der Waals surface area contributed by atoms with E-state index in [1.165, 1.54) is 0 Å². The van der Waals surface area contributed by atoms with E-state index >= 15 is 0 Å². The van der Waals surface area contributed by atoms with E-state index in [9.17, 15) is 4.79 Å². The minimum atomic E-state index is -0.0736. The topological polar surface area (TPSA) is 59.6 Å². The van der Waals surface area contributed by atoms with Crippen LogP contribution in [0.25, 0.3) is 0 Å². The summed E-state index contributed by atoms with van der Waals surface area (Å²) in [6, 6.07) is 15.0. The molecular weight excluding hydrogens is 292 g/mol. The fourth-order valence-corrected chi connectivity index (χ4v) is 2.41. The minimum Gasteiger partial charge on any atom is -0.490 e. The van der Waals surface area contributed by atoms with Crippen molar-refractivity contribution in [2.75, 3.05) is 25.0 Å². The van der Waals surface area contributed by atoms with Crippen LogP contribution in [0.5, 0.6) is 11.5 Å². The van der Waals surface area contributed by atoms with Crippen molar-refractivity contribution < 1.29 is 14.3 Å². The number of amides is 1. The number of rotatable bonds is 5. The van der Waals surface area contributed by atoms with Crippen molar-refractivity contribution in [1.82, 2.24) is 5.32 Å². The normalized spacial score (nSPS) is 15.8. The summed E-state index contributed by atoms with van der Waals surface area (Å²) in [5.41, 5.74) is 1.64. The van der Waals surface area contributed by atoms with Gasteiger partial charge in [-0.25, -0.2) is 0 Å². The molecule has 0 bridgehead atoms. The predicted octanol–water partition coefficient (Wildman–Crippen LogP) is 2.69. The van der Waals surface area contributed by atoms with E-state index < -0.39 is 0 Å². The number of para-hydroxylation sites is 2. The number of hydrogen-bond donors (Lipinski definition) is 2. The maximum atomic E-state index is 11.7. The molecule has 1 unspecified atom stereocenters. The highest BCUT2D eigenvalue weighted by Gasteiger charge is 2.19. The van der Waals surface area contributed by atoms with Crippen LogP contribution < -0.4 is 20.1 Å². The SMILES string of the molecule is CCNC(=O)c1ccc(OCC2CNc3ccccc3O2)cc1. The van der Waals surface area contributed by atoms with Gasteiger partial charge in [0.05, 0.1) is 12.2 Å². The Morgan fingerprint density at radius 2 is 2.04 bits per heavy atom. The zero-order chi connectivity index (χ0) is 16.1. The van der Waals surface area contributed by atoms with Crippen molar-refractivity contribution in [1.29, 1.82) is 0 Å². The Bertz CT molecular complexity index is 670. The second-order valence-corrected chi connectivity index (χ2v) is 5.31. The predicted molar refractivity (Wildman–Crippen MR) is 89.3 cm³/mol. The van der Waals surface area contributed by atoms with Gasteiger partial charge in [-0.3, -0.25) is 4.79 Å². The maximum absolute atomic E-state index is 11.7. The molecule has 3 rings (SSSR count). The van der Waals surface area contributed by atoms with Gasteiger partial charge in [0.1, 0.15) is 24.2 Å². The Kier molecular flexibility index (Phi) is 4.66. The van der Waals surface area contributed by atoms with Crippen LogP contribution in [0.3, 0.4) is 0 Å². The first-order chi connectivity index (χ1) is 11.3. The molecule has 2 aromatic rings. The average molecular weight is 312 g/mol. The standard InChI is InChI=1S/C18H20N2O3/c1-2-19-18(21)13-7-9-14(10-8-13)22-12-15-11-20-16-5-3-4-6-17(16)23-15/h3-10,15,20H,2,11-12H2,1H3,(H,19,21). The lowest BCUT2D eigenvalue weighted by molar-refractivity contribution is 0.0955. The lowest BCUT2D eigenvalue weighted by Gasteiger charge is -2.27. The summed E-state index contributed by atoms with van der Waals surface area (Å²) in [5.74, 6) is 1.50. The second kappa shape index (κ2) is 7.05. The molecule has 2 aromatic carbocycles. The number of benzene rings is 2. The minimum absolute atomic E-state index is 0.0482. The van der Waals surface area contributed by atoms with E-state index in [1.807, 2.05) is 31.2 Å². The molecule has 0 aromatic heterocycles. The van der Waals surface area contributed by atoms with Crippen molar-refractivity contribution in [3.8, 4) is 11.5 Å². The van der Waals surface area contributed by atoms with Crippen LogP contribution in [-0.4, -0.2) is 31.7 Å². The Morgan fingerprint density at radius 3 is 2.83 bits per heavy atom. The van der Waals surface area contributed by atoms with Crippen LogP contribution in [0, 0.1) is 0 Å². The van der Waals surface area contributed by atoms with Gasteiger partial charge in [-0.05, 0) is 43.3 Å². The molecule has 1 atom stereocenters. The molecular formula is C18H20N2O3. The number of carbonyl (C=O) groups excluding carboxylic acids is 1. The molecule has 0 saturated carbocycles. The lowest BCUT2D eigenvalue weighted by atomic mass is 10.2. The van der Waals surface area contributed by atoms with E-state index in [0.29, 0.717) is 25.3 Å². The van der Waals surface area contributed by atoms with Crippen LogP contribution in [0.4, 0.5) is 5.69 Å². The van der Waals surface area contributed by atoms with Crippen molar-refractivity contribution in [3.63, 3.8) is 0 Å². The fraction of sp³-hybridized carbons (Fsp3) is 0.278. The summed E-state index contributed by atoms with van der Waals surface area (Å²) < 4.78 is 11.7. The quantitative estimate of drug-likeness (QED) is 0.891. The Labute approximate surface area is 135 Å². The number of nitrogens with one attached hydrogen (secondary N) is 2. The van der Waals surface area contributed by atoms with Gasteiger partial charge in [0.15, 0.2) is 0 Å². The summed E-state index contributed by atoms with van der Waals surface area (Å²) in [7, 11) is 0. The van der Waals surface area contributed by atoms with Crippen LogP contribution in [0.15, 0.2) is 48.5 Å². The molecule has 0 radical (unpaired) electrons. The average Bonchev–Trinajstić information content (AvgIpc) is 2.60. The van der Waals surface area contributed by atoms with E-state index in [4.69, 9.17) is 9.47 Å². The molecule has 0 spiro atoms. The Hall–Kier alpha value is -2.69. The molecule has 1 aliphatic rings. The first-order valence-electron chi connectivity index (χ1n) is 7.77. The maximum Gasteiger partial charge on any atom is 0.251 e. The van der Waals surface area contributed by atoms with Gasteiger partial charge in [-0.1, -0.05) is 12.1 Å². The summed E-state index contributed by atoms with van der Waals surface area (Å²) >= 11 is 0. The number of anilines is 1. The second-order valence-electron chi connectivity index (χ2n) is 5.31. The van der Waals surface area contributed by atoms with Gasteiger partial charge in [-0.15, -0.1) is 0 Å². The number of fused-ring (bicyclic) bond motifs is 1. The zero-order valence-electron chi connectivity index (χ0n) is 13.0. The molecule has 1 amide bonds. The largest absolute Gasteiger partial charge is 0.490 e. The Morgan fingerprint density at radius 1 is 1.26 bits per heavy atom. The molecule has 23 heavy (non-hydrogen) atoms. The van der Waals surface area contributed by atoms with Crippen molar-refractivity contribution >= 4 is 11.6 Å². The number of hydrogen-bond acceptors (Lipinski definition) is 4. The highest BCUT2D eigenvalue weighted by molar-refractivity contribution is 5.94. The van der Waals surface area contributed by atoms with Crippen LogP contribution in [-0.2, 0) is 0 Å². The van der Waals surface area contributed by atoms with Gasteiger partial charge < -0.3 is 20.1 Å². The third-order valence-electron chi connectivity index (χ3n) is 3.59. The summed E-state index contributed by atoms with van der Waals surface area (Å²) in [5, 5.41) is 6.10. The van der Waals surface area contributed by atoms with Crippen LogP contribution in [0.2, 0.25) is 0 Å². The molecule has 0 aliphatic carbocycles. The van der Waals surface area contributed by atoms with Gasteiger partial charge in [0, 0.05) is 12.1 Å². The van der Waals surface area contributed by atoms with E-state index in [1.54, 1.807) is 24.3 Å². The first-order valence-corrected chi connectivity index (χ1v) is 7.77. The first kappa shape index (κ1) is 15.2. The van der Waals surface area contributed by atoms with Crippen molar-refractivity contribution in [2.24, 2.45) is 0 Å². The highest BCUT2D eigenvalue weighted by atomic mass is 16.5. The smallest absolute Gasteiger partial charge is 0.251 e. The van der Waals surface area contributed by atoms with E-state index in [2.05, 4.69) is 10.6 Å². The third kappa shape index (κ3) is 3.74. The fourth-order valence-electron chi connectivity index (χ4n) is 2.41. The summed E-state index contributed by atoms with van der Waals surface area (Å²) in [4.78, 5) is 11.7.